The molecule has 1 aliphatic heterocycles. The fraction of sp³-hybridized carbons (Fsp3) is 0.241. The van der Waals surface area contributed by atoms with E-state index in [2.05, 4.69) is 25.4 Å². The second-order valence-corrected chi connectivity index (χ2v) is 11.9. The van der Waals surface area contributed by atoms with Gasteiger partial charge in [-0.1, -0.05) is 12.1 Å². The van der Waals surface area contributed by atoms with Crippen LogP contribution >= 0.6 is 11.3 Å². The molecule has 4 N–H and O–H groups in total. The Labute approximate surface area is 242 Å². The largest absolute Gasteiger partial charge is 0.481 e. The Balaban J connectivity index is 1.41. The van der Waals surface area contributed by atoms with E-state index in [0.717, 1.165) is 0 Å². The summed E-state index contributed by atoms with van der Waals surface area (Å²) in [5, 5.41) is 19.6. The second kappa shape index (κ2) is 9.65. The summed E-state index contributed by atoms with van der Waals surface area (Å²) in [5.74, 6) is -1.88. The molecule has 42 heavy (non-hydrogen) atoms. The molecule has 5 aromatic rings. The van der Waals surface area contributed by atoms with Crippen molar-refractivity contribution >= 4 is 45.8 Å². The SMILES string of the molecule is CC(C)(Cc1csc([C@]2(C)C(=O)Nc3nc(-c4nn(Cc5cccc(F)c5)c5cc(F)ccc45)nc(N)c32)n1)C(=O)O. The Morgan fingerprint density at radius 3 is 2.64 bits per heavy atom. The van der Waals surface area contributed by atoms with Gasteiger partial charge < -0.3 is 16.2 Å². The molecule has 0 aliphatic carbocycles. The van der Waals surface area contributed by atoms with Crippen LogP contribution in [0.25, 0.3) is 22.4 Å². The number of hydrogen-bond acceptors (Lipinski definition) is 8. The molecule has 1 aliphatic rings. The van der Waals surface area contributed by atoms with E-state index in [1.54, 1.807) is 44.4 Å². The molecule has 214 valence electrons. The molecule has 3 aromatic heterocycles. The molecule has 4 heterocycles. The van der Waals surface area contributed by atoms with Crippen LogP contribution in [0.4, 0.5) is 20.4 Å². The number of carboxylic acid groups (broad SMARTS) is 1. The summed E-state index contributed by atoms with van der Waals surface area (Å²) in [6, 6.07) is 10.2. The van der Waals surface area contributed by atoms with Crippen LogP contribution < -0.4 is 11.1 Å². The number of amides is 1. The molecule has 0 unspecified atom stereocenters. The highest BCUT2D eigenvalue weighted by Gasteiger charge is 2.50. The molecule has 6 rings (SSSR count). The molecule has 0 bridgehead atoms. The van der Waals surface area contributed by atoms with E-state index in [-0.39, 0.29) is 30.4 Å². The molecule has 0 spiro atoms. The number of fused-ring (bicyclic) bond motifs is 2. The van der Waals surface area contributed by atoms with Crippen LogP contribution in [0.3, 0.4) is 0 Å². The summed E-state index contributed by atoms with van der Waals surface area (Å²) >= 11 is 1.23. The lowest BCUT2D eigenvalue weighted by Crippen LogP contribution is -2.33. The summed E-state index contributed by atoms with van der Waals surface area (Å²) in [6.07, 6.45) is 0.181. The molecule has 1 amide bonds. The average molecular weight is 590 g/mol. The number of aromatic nitrogens is 5. The number of rotatable bonds is 7. The van der Waals surface area contributed by atoms with Crippen molar-refractivity contribution in [1.29, 1.82) is 0 Å². The van der Waals surface area contributed by atoms with Crippen LogP contribution in [0.5, 0.6) is 0 Å². The summed E-state index contributed by atoms with van der Waals surface area (Å²) in [6.45, 7) is 5.06. The van der Waals surface area contributed by atoms with Crippen LogP contribution in [0, 0.1) is 17.0 Å². The van der Waals surface area contributed by atoms with Gasteiger partial charge in [-0.2, -0.15) is 5.10 Å². The van der Waals surface area contributed by atoms with E-state index in [1.807, 2.05) is 0 Å². The Morgan fingerprint density at radius 1 is 1.14 bits per heavy atom. The van der Waals surface area contributed by atoms with Crippen molar-refractivity contribution < 1.29 is 23.5 Å². The van der Waals surface area contributed by atoms with E-state index in [0.29, 0.717) is 38.4 Å². The molecule has 0 radical (unpaired) electrons. The van der Waals surface area contributed by atoms with Gasteiger partial charge >= 0.3 is 5.97 Å². The fourth-order valence-corrected chi connectivity index (χ4v) is 6.09. The standard InChI is InChI=1S/C29H25F2N7O3S/c1-28(2,27(40)41)11-17-13-42-26(33-17)29(3)20-22(32)34-24(35-23(20)36-25(29)39)21-18-8-7-16(31)10-19(18)38(37-21)12-14-5-4-6-15(30)9-14/h4-10,13H,11-12H2,1-3H3,(H,40,41)(H3,32,34,35,36,39)/t29-/m0/s1. The van der Waals surface area contributed by atoms with Crippen LogP contribution in [-0.4, -0.2) is 41.7 Å². The van der Waals surface area contributed by atoms with Crippen molar-refractivity contribution in [1.82, 2.24) is 24.7 Å². The predicted octanol–water partition coefficient (Wildman–Crippen LogP) is 4.77. The topological polar surface area (TPSA) is 149 Å². The number of nitrogens with zero attached hydrogens (tertiary/aromatic N) is 5. The van der Waals surface area contributed by atoms with Gasteiger partial charge in [0.05, 0.1) is 28.7 Å². The summed E-state index contributed by atoms with van der Waals surface area (Å²) < 4.78 is 29.6. The van der Waals surface area contributed by atoms with Crippen molar-refractivity contribution in [3.63, 3.8) is 0 Å². The molecule has 0 fully saturated rings. The number of hydrogen-bond donors (Lipinski definition) is 3. The summed E-state index contributed by atoms with van der Waals surface area (Å²) in [7, 11) is 0. The van der Waals surface area contributed by atoms with E-state index >= 15 is 0 Å². The first-order valence-corrected chi connectivity index (χ1v) is 13.8. The van der Waals surface area contributed by atoms with Gasteiger partial charge in [-0.15, -0.1) is 11.3 Å². The molecular formula is C29H25F2N7O3S. The minimum Gasteiger partial charge on any atom is -0.481 e. The Kier molecular flexibility index (Phi) is 6.30. The first kappa shape index (κ1) is 27.4. The van der Waals surface area contributed by atoms with Gasteiger partial charge in [0.2, 0.25) is 5.91 Å². The molecule has 10 nitrogen and oxygen atoms in total. The molecule has 2 aromatic carbocycles. The van der Waals surface area contributed by atoms with Crippen LogP contribution in [-0.2, 0) is 28.0 Å². The number of carboxylic acids is 1. The van der Waals surface area contributed by atoms with Crippen molar-refractivity contribution in [2.24, 2.45) is 5.41 Å². The highest BCUT2D eigenvalue weighted by molar-refractivity contribution is 7.10. The minimum absolute atomic E-state index is 0.0356. The Hall–Kier alpha value is -4.78. The molecule has 13 heteroatoms. The summed E-state index contributed by atoms with van der Waals surface area (Å²) in [4.78, 5) is 38.7. The van der Waals surface area contributed by atoms with Gasteiger partial charge in [0.25, 0.3) is 0 Å². The zero-order valence-electron chi connectivity index (χ0n) is 22.8. The highest BCUT2D eigenvalue weighted by atomic mass is 32.1. The van der Waals surface area contributed by atoms with Crippen molar-refractivity contribution in [3.8, 4) is 11.5 Å². The number of thiazole rings is 1. The fourth-order valence-electron chi connectivity index (χ4n) is 5.10. The summed E-state index contributed by atoms with van der Waals surface area (Å²) in [5.41, 5.74) is 6.40. The normalized spacial score (nSPS) is 16.5. The van der Waals surface area contributed by atoms with Gasteiger partial charge in [-0.3, -0.25) is 14.3 Å². The van der Waals surface area contributed by atoms with Crippen LogP contribution in [0.2, 0.25) is 0 Å². The number of anilines is 2. The minimum atomic E-state index is -1.31. The lowest BCUT2D eigenvalue weighted by molar-refractivity contribution is -0.146. The molecule has 0 saturated carbocycles. The van der Waals surface area contributed by atoms with Gasteiger partial charge in [-0.25, -0.2) is 23.7 Å². The smallest absolute Gasteiger partial charge is 0.309 e. The maximum atomic E-state index is 14.3. The zero-order valence-corrected chi connectivity index (χ0v) is 23.6. The third kappa shape index (κ3) is 4.45. The number of nitrogens with two attached hydrogens (primary N) is 1. The second-order valence-electron chi connectivity index (χ2n) is 11.0. The zero-order chi connectivity index (χ0) is 30.0. The van der Waals surface area contributed by atoms with Gasteiger partial charge in [0.15, 0.2) is 5.82 Å². The van der Waals surface area contributed by atoms with E-state index < -0.39 is 34.3 Å². The van der Waals surface area contributed by atoms with E-state index in [4.69, 9.17) is 5.73 Å². The number of aliphatic carboxylic acids is 1. The monoisotopic (exact) mass is 589 g/mol. The lowest BCUT2D eigenvalue weighted by atomic mass is 9.85. The number of carbonyl (C=O) groups is 2. The maximum absolute atomic E-state index is 14.3. The Bertz CT molecular complexity index is 1920. The van der Waals surface area contributed by atoms with Crippen molar-refractivity contribution in [2.45, 2.75) is 39.2 Å². The number of carbonyl (C=O) groups excluding carboxylic acids is 1. The average Bonchev–Trinajstić information content (AvgIpc) is 3.59. The predicted molar refractivity (Wildman–Crippen MR) is 153 cm³/mol. The van der Waals surface area contributed by atoms with Gasteiger partial charge in [-0.05, 0) is 56.7 Å². The van der Waals surface area contributed by atoms with Crippen LogP contribution in [0.1, 0.15) is 42.6 Å². The number of nitrogen functional groups attached to an aromatic ring is 1. The van der Waals surface area contributed by atoms with E-state index in [1.165, 1.54) is 40.3 Å². The quantitative estimate of drug-likeness (QED) is 0.246. The van der Waals surface area contributed by atoms with Crippen LogP contribution in [0.15, 0.2) is 47.8 Å². The van der Waals surface area contributed by atoms with Crippen molar-refractivity contribution in [3.05, 3.63) is 81.3 Å². The molecular weight excluding hydrogens is 564 g/mol. The third-order valence-electron chi connectivity index (χ3n) is 7.45. The molecule has 1 atom stereocenters. The van der Waals surface area contributed by atoms with Gasteiger partial charge in [0.1, 0.15) is 39.4 Å². The number of halogens is 2. The van der Waals surface area contributed by atoms with Gasteiger partial charge in [0, 0.05) is 17.2 Å². The first-order valence-electron chi connectivity index (χ1n) is 13.0. The number of benzene rings is 2. The maximum Gasteiger partial charge on any atom is 0.309 e. The Morgan fingerprint density at radius 2 is 1.90 bits per heavy atom. The lowest BCUT2D eigenvalue weighted by Gasteiger charge is -2.20. The van der Waals surface area contributed by atoms with Crippen molar-refractivity contribution in [2.75, 3.05) is 11.1 Å². The highest BCUT2D eigenvalue weighted by Crippen LogP contribution is 2.46. The van der Waals surface area contributed by atoms with E-state index in [9.17, 15) is 23.5 Å². The third-order valence-corrected chi connectivity index (χ3v) is 8.56. The first-order chi connectivity index (χ1) is 19.9. The molecule has 0 saturated heterocycles. The number of nitrogens with one attached hydrogen (secondary N) is 1.